The molecule has 1 aromatic rings. The number of halogens is 3. The lowest BCUT2D eigenvalue weighted by molar-refractivity contribution is -0.274. The molecule has 0 heterocycles. The summed E-state index contributed by atoms with van der Waals surface area (Å²) in [6, 6.07) is 6.48. The molecular weight excluding hydrogens is 267 g/mol. The van der Waals surface area contributed by atoms with E-state index >= 15 is 0 Å². The van der Waals surface area contributed by atoms with Crippen molar-refractivity contribution in [1.82, 2.24) is 5.32 Å². The van der Waals surface area contributed by atoms with Crippen molar-refractivity contribution >= 4 is 0 Å². The second kappa shape index (κ2) is 6.48. The summed E-state index contributed by atoms with van der Waals surface area (Å²) in [5.74, 6) is 0.549. The normalized spacial score (nSPS) is 18.2. The minimum Gasteiger partial charge on any atom is -0.406 e. The van der Waals surface area contributed by atoms with Crippen molar-refractivity contribution < 1.29 is 17.9 Å². The zero-order chi connectivity index (χ0) is 14.6. The van der Waals surface area contributed by atoms with E-state index < -0.39 is 6.36 Å². The quantitative estimate of drug-likeness (QED) is 0.874. The van der Waals surface area contributed by atoms with E-state index in [1.165, 1.54) is 37.8 Å². The smallest absolute Gasteiger partial charge is 0.406 e. The predicted molar refractivity (Wildman–Crippen MR) is 71.4 cm³/mol. The number of benzene rings is 1. The van der Waals surface area contributed by atoms with Gasteiger partial charge in [-0.3, -0.25) is 0 Å². The highest BCUT2D eigenvalue weighted by Gasteiger charge is 2.30. The highest BCUT2D eigenvalue weighted by atomic mass is 19.4. The van der Waals surface area contributed by atoms with Crippen molar-refractivity contribution in [2.45, 2.75) is 51.6 Å². The van der Waals surface area contributed by atoms with Crippen LogP contribution in [-0.4, -0.2) is 12.4 Å². The van der Waals surface area contributed by atoms with Crippen LogP contribution < -0.4 is 10.1 Å². The van der Waals surface area contributed by atoms with E-state index in [2.05, 4.69) is 17.0 Å². The Morgan fingerprint density at radius 2 is 1.80 bits per heavy atom. The largest absolute Gasteiger partial charge is 0.573 e. The summed E-state index contributed by atoms with van der Waals surface area (Å²) in [6.07, 6.45) is 0.524. The monoisotopic (exact) mass is 287 g/mol. The molecule has 0 radical (unpaired) electrons. The molecule has 1 N–H and O–H groups in total. The molecule has 1 aliphatic carbocycles. The van der Waals surface area contributed by atoms with Gasteiger partial charge in [0.2, 0.25) is 0 Å². The zero-order valence-corrected chi connectivity index (χ0v) is 11.5. The molecular formula is C15H20F3NO. The fourth-order valence-corrected chi connectivity index (χ4v) is 2.71. The van der Waals surface area contributed by atoms with E-state index in [0.717, 1.165) is 11.5 Å². The van der Waals surface area contributed by atoms with Crippen LogP contribution in [0.15, 0.2) is 24.3 Å². The van der Waals surface area contributed by atoms with Gasteiger partial charge < -0.3 is 10.1 Å². The lowest BCUT2D eigenvalue weighted by atomic mass is 9.99. The first-order valence-electron chi connectivity index (χ1n) is 7.02. The predicted octanol–water partition coefficient (Wildman–Crippen LogP) is 4.25. The Morgan fingerprint density at radius 1 is 1.20 bits per heavy atom. The molecule has 2 nitrogen and oxygen atoms in total. The highest BCUT2D eigenvalue weighted by molar-refractivity contribution is 5.27. The molecule has 1 unspecified atom stereocenters. The Hall–Kier alpha value is -1.23. The van der Waals surface area contributed by atoms with Gasteiger partial charge in [-0.25, -0.2) is 0 Å². The van der Waals surface area contributed by atoms with E-state index in [9.17, 15) is 13.2 Å². The third kappa shape index (κ3) is 4.71. The first-order valence-corrected chi connectivity index (χ1v) is 7.02. The molecule has 20 heavy (non-hydrogen) atoms. The number of alkyl halides is 3. The van der Waals surface area contributed by atoms with Crippen LogP contribution in [0.2, 0.25) is 0 Å². The summed E-state index contributed by atoms with van der Waals surface area (Å²) in [5, 5.41) is 3.45. The molecule has 1 aromatic carbocycles. The Morgan fingerprint density at radius 3 is 2.35 bits per heavy atom. The van der Waals surface area contributed by atoms with E-state index in [4.69, 9.17) is 0 Å². The fraction of sp³-hybridized carbons (Fsp3) is 0.600. The Bertz CT molecular complexity index is 410. The maximum Gasteiger partial charge on any atom is 0.573 e. The van der Waals surface area contributed by atoms with Gasteiger partial charge in [-0.05, 0) is 43.4 Å². The maximum atomic E-state index is 12.0. The SMILES string of the molecule is CC(NCc1ccc(OC(F)(F)F)cc1)C1CCCC1. The van der Waals surface area contributed by atoms with Crippen LogP contribution >= 0.6 is 0 Å². The molecule has 0 saturated heterocycles. The van der Waals surface area contributed by atoms with Crippen molar-refractivity contribution in [1.29, 1.82) is 0 Å². The molecule has 112 valence electrons. The van der Waals surface area contributed by atoms with E-state index in [0.29, 0.717) is 12.6 Å². The third-order valence-corrected chi connectivity index (χ3v) is 3.89. The van der Waals surface area contributed by atoms with Gasteiger partial charge in [0, 0.05) is 12.6 Å². The standard InChI is InChI=1S/C15H20F3NO/c1-11(13-4-2-3-5-13)19-10-12-6-8-14(9-7-12)20-15(16,17)18/h6-9,11,13,19H,2-5,10H2,1H3. The lowest BCUT2D eigenvalue weighted by Crippen LogP contribution is -2.31. The van der Waals surface area contributed by atoms with Crippen LogP contribution in [0.25, 0.3) is 0 Å². The van der Waals surface area contributed by atoms with Gasteiger partial charge in [0.25, 0.3) is 0 Å². The second-order valence-electron chi connectivity index (χ2n) is 5.41. The van der Waals surface area contributed by atoms with Crippen LogP contribution in [0.1, 0.15) is 38.2 Å². The van der Waals surface area contributed by atoms with Crippen LogP contribution in [0.4, 0.5) is 13.2 Å². The molecule has 0 bridgehead atoms. The molecule has 1 atom stereocenters. The fourth-order valence-electron chi connectivity index (χ4n) is 2.71. The maximum absolute atomic E-state index is 12.0. The summed E-state index contributed by atoms with van der Waals surface area (Å²) in [4.78, 5) is 0. The van der Waals surface area contributed by atoms with Crippen molar-refractivity contribution in [2.75, 3.05) is 0 Å². The number of rotatable bonds is 5. The minimum absolute atomic E-state index is 0.176. The van der Waals surface area contributed by atoms with E-state index in [1.807, 2.05) is 0 Å². The summed E-state index contributed by atoms with van der Waals surface area (Å²) < 4.78 is 39.9. The van der Waals surface area contributed by atoms with Gasteiger partial charge in [0.05, 0.1) is 0 Å². The van der Waals surface area contributed by atoms with Crippen molar-refractivity contribution in [3.8, 4) is 5.75 Å². The zero-order valence-electron chi connectivity index (χ0n) is 11.5. The third-order valence-electron chi connectivity index (χ3n) is 3.89. The number of hydrogen-bond acceptors (Lipinski definition) is 2. The van der Waals surface area contributed by atoms with Crippen LogP contribution in [0.3, 0.4) is 0 Å². The van der Waals surface area contributed by atoms with Gasteiger partial charge in [0.15, 0.2) is 0 Å². The molecule has 1 fully saturated rings. The number of ether oxygens (including phenoxy) is 1. The van der Waals surface area contributed by atoms with Crippen molar-refractivity contribution in [2.24, 2.45) is 5.92 Å². The summed E-state index contributed by atoms with van der Waals surface area (Å²) in [6.45, 7) is 2.85. The first-order chi connectivity index (χ1) is 9.44. The van der Waals surface area contributed by atoms with Crippen LogP contribution in [-0.2, 0) is 6.54 Å². The number of hydrogen-bond donors (Lipinski definition) is 1. The summed E-state index contributed by atoms with van der Waals surface area (Å²) in [5.41, 5.74) is 0.962. The Labute approximate surface area is 117 Å². The molecule has 0 spiro atoms. The van der Waals surface area contributed by atoms with Crippen LogP contribution in [0, 0.1) is 5.92 Å². The molecule has 1 saturated carbocycles. The van der Waals surface area contributed by atoms with Gasteiger partial charge in [-0.2, -0.15) is 0 Å². The van der Waals surface area contributed by atoms with Gasteiger partial charge in [0.1, 0.15) is 5.75 Å². The molecule has 0 aromatic heterocycles. The number of nitrogens with one attached hydrogen (secondary N) is 1. The second-order valence-corrected chi connectivity index (χ2v) is 5.41. The minimum atomic E-state index is -4.63. The molecule has 0 aliphatic heterocycles. The molecule has 2 rings (SSSR count). The first kappa shape index (κ1) is 15.2. The average molecular weight is 287 g/mol. The van der Waals surface area contributed by atoms with Crippen molar-refractivity contribution in [3.05, 3.63) is 29.8 Å². The Kier molecular flexibility index (Phi) is 4.91. The van der Waals surface area contributed by atoms with E-state index in [-0.39, 0.29) is 5.75 Å². The molecule has 1 aliphatic rings. The van der Waals surface area contributed by atoms with Gasteiger partial charge in [-0.15, -0.1) is 13.2 Å². The van der Waals surface area contributed by atoms with Crippen molar-refractivity contribution in [3.63, 3.8) is 0 Å². The van der Waals surface area contributed by atoms with Gasteiger partial charge in [-0.1, -0.05) is 25.0 Å². The average Bonchev–Trinajstić information content (AvgIpc) is 2.89. The van der Waals surface area contributed by atoms with E-state index in [1.54, 1.807) is 12.1 Å². The van der Waals surface area contributed by atoms with Gasteiger partial charge >= 0.3 is 6.36 Å². The summed E-state index contributed by atoms with van der Waals surface area (Å²) >= 11 is 0. The molecule has 5 heteroatoms. The summed E-state index contributed by atoms with van der Waals surface area (Å²) in [7, 11) is 0. The van der Waals surface area contributed by atoms with Crippen LogP contribution in [0.5, 0.6) is 5.75 Å². The molecule has 0 amide bonds. The lowest BCUT2D eigenvalue weighted by Gasteiger charge is -2.20. The Balaban J connectivity index is 1.81. The highest BCUT2D eigenvalue weighted by Crippen LogP contribution is 2.28. The topological polar surface area (TPSA) is 21.3 Å².